The average molecular weight is 332 g/mol. The van der Waals surface area contributed by atoms with Gasteiger partial charge in [-0.3, -0.25) is 10.1 Å². The summed E-state index contributed by atoms with van der Waals surface area (Å²) in [5.74, 6) is -0.799. The molecule has 0 radical (unpaired) electrons. The molecule has 1 aliphatic rings. The summed E-state index contributed by atoms with van der Waals surface area (Å²) in [6.07, 6.45) is 0. The highest BCUT2D eigenvalue weighted by Gasteiger charge is 2.27. The van der Waals surface area contributed by atoms with Gasteiger partial charge in [-0.05, 0) is 18.7 Å². The molecule has 1 aromatic carbocycles. The Labute approximate surface area is 119 Å². The van der Waals surface area contributed by atoms with Crippen LogP contribution in [-0.4, -0.2) is 42.5 Å². The Bertz CT molecular complexity index is 490. The number of likely N-dealkylation sites (N-methyl/N-ethyl adjacent to an activating group) is 1. The number of nitro benzene ring substituents is 1. The lowest BCUT2D eigenvalue weighted by Gasteiger charge is -2.35. The van der Waals surface area contributed by atoms with Crippen LogP contribution in [-0.2, 0) is 0 Å². The minimum Gasteiger partial charge on any atom is -0.363 e. The number of hydrogen-bond donors (Lipinski definition) is 0. The highest BCUT2D eigenvalue weighted by molar-refractivity contribution is 9.10. The van der Waals surface area contributed by atoms with Gasteiger partial charge in [-0.1, -0.05) is 22.9 Å². The van der Waals surface area contributed by atoms with Crippen molar-refractivity contribution in [2.24, 2.45) is 0 Å². The van der Waals surface area contributed by atoms with Gasteiger partial charge >= 0.3 is 5.69 Å². The molecule has 0 aliphatic carbocycles. The second-order valence-corrected chi connectivity index (χ2v) is 5.35. The van der Waals surface area contributed by atoms with Gasteiger partial charge < -0.3 is 9.80 Å². The molecule has 1 aliphatic heterocycles. The van der Waals surface area contributed by atoms with E-state index in [4.69, 9.17) is 0 Å². The van der Waals surface area contributed by atoms with Crippen LogP contribution in [0.15, 0.2) is 16.6 Å². The van der Waals surface area contributed by atoms with E-state index in [0.29, 0.717) is 23.2 Å². The Hall–Kier alpha value is -1.21. The lowest BCUT2D eigenvalue weighted by Crippen LogP contribution is -2.46. The first kappa shape index (κ1) is 14.2. The van der Waals surface area contributed by atoms with Crippen molar-refractivity contribution in [1.29, 1.82) is 0 Å². The first-order valence-electron chi connectivity index (χ1n) is 6.13. The molecule has 104 valence electrons. The second kappa shape index (κ2) is 5.83. The van der Waals surface area contributed by atoms with Crippen molar-refractivity contribution in [1.82, 2.24) is 4.90 Å². The molecule has 0 amide bonds. The third-order valence-corrected chi connectivity index (χ3v) is 3.81. The van der Waals surface area contributed by atoms with Crippen molar-refractivity contribution in [3.8, 4) is 0 Å². The number of hydrogen-bond acceptors (Lipinski definition) is 4. The fourth-order valence-electron chi connectivity index (χ4n) is 2.28. The Morgan fingerprint density at radius 2 is 2.00 bits per heavy atom. The van der Waals surface area contributed by atoms with Gasteiger partial charge in [0.1, 0.15) is 5.69 Å². The Balaban J connectivity index is 2.31. The number of nitrogens with zero attached hydrogens (tertiary/aromatic N) is 3. The Kier molecular flexibility index (Phi) is 4.36. The van der Waals surface area contributed by atoms with Crippen molar-refractivity contribution in [3.05, 3.63) is 32.5 Å². The van der Waals surface area contributed by atoms with Crippen molar-refractivity contribution in [3.63, 3.8) is 0 Å². The smallest absolute Gasteiger partial charge is 0.327 e. The van der Waals surface area contributed by atoms with Crippen LogP contribution in [0.5, 0.6) is 0 Å². The fourth-order valence-corrected chi connectivity index (χ4v) is 2.70. The van der Waals surface area contributed by atoms with E-state index in [-0.39, 0.29) is 0 Å². The molecule has 0 saturated carbocycles. The van der Waals surface area contributed by atoms with Gasteiger partial charge in [-0.2, -0.15) is 4.39 Å². The third kappa shape index (κ3) is 3.03. The SMILES string of the molecule is CCN1CCN(c2cc(Br)cc(F)c2[N+](=O)[O-])CC1. The van der Waals surface area contributed by atoms with E-state index < -0.39 is 16.4 Å². The lowest BCUT2D eigenvalue weighted by atomic mass is 10.2. The monoisotopic (exact) mass is 331 g/mol. The maximum Gasteiger partial charge on any atom is 0.327 e. The summed E-state index contributed by atoms with van der Waals surface area (Å²) in [5.41, 5.74) is -0.0826. The summed E-state index contributed by atoms with van der Waals surface area (Å²) in [7, 11) is 0. The van der Waals surface area contributed by atoms with Crippen molar-refractivity contribution in [2.75, 3.05) is 37.6 Å². The summed E-state index contributed by atoms with van der Waals surface area (Å²) in [5, 5.41) is 11.0. The second-order valence-electron chi connectivity index (χ2n) is 4.43. The molecule has 1 saturated heterocycles. The van der Waals surface area contributed by atoms with Crippen molar-refractivity contribution < 1.29 is 9.31 Å². The predicted molar refractivity (Wildman–Crippen MR) is 75.1 cm³/mol. The molecule has 0 unspecified atom stereocenters. The minimum atomic E-state index is -0.799. The van der Waals surface area contributed by atoms with Crippen LogP contribution in [0.25, 0.3) is 0 Å². The van der Waals surface area contributed by atoms with Gasteiger partial charge in [0.2, 0.25) is 5.82 Å². The zero-order chi connectivity index (χ0) is 14.0. The van der Waals surface area contributed by atoms with E-state index >= 15 is 0 Å². The van der Waals surface area contributed by atoms with E-state index in [1.807, 2.05) is 4.90 Å². The van der Waals surface area contributed by atoms with Crippen molar-refractivity contribution >= 4 is 27.3 Å². The fraction of sp³-hybridized carbons (Fsp3) is 0.500. The van der Waals surface area contributed by atoms with Gasteiger partial charge in [0, 0.05) is 30.7 Å². The van der Waals surface area contributed by atoms with E-state index in [2.05, 4.69) is 27.8 Å². The summed E-state index contributed by atoms with van der Waals surface area (Å²) < 4.78 is 14.3. The normalized spacial score (nSPS) is 16.7. The van der Waals surface area contributed by atoms with Crippen LogP contribution < -0.4 is 4.90 Å². The molecule has 0 atom stereocenters. The summed E-state index contributed by atoms with van der Waals surface area (Å²) >= 11 is 3.19. The first-order valence-corrected chi connectivity index (χ1v) is 6.93. The van der Waals surface area contributed by atoms with Crippen LogP contribution >= 0.6 is 15.9 Å². The number of benzene rings is 1. The van der Waals surface area contributed by atoms with Gasteiger partial charge in [0.25, 0.3) is 0 Å². The van der Waals surface area contributed by atoms with Crippen LogP contribution in [0.2, 0.25) is 0 Å². The highest BCUT2D eigenvalue weighted by atomic mass is 79.9. The predicted octanol–water partition coefficient (Wildman–Crippen LogP) is 2.64. The topological polar surface area (TPSA) is 49.6 Å². The highest BCUT2D eigenvalue weighted by Crippen LogP contribution is 2.34. The molecule has 0 N–H and O–H groups in total. The minimum absolute atomic E-state index is 0.354. The van der Waals surface area contributed by atoms with Crippen LogP contribution in [0, 0.1) is 15.9 Å². The van der Waals surface area contributed by atoms with Crippen molar-refractivity contribution in [2.45, 2.75) is 6.92 Å². The number of rotatable bonds is 3. The van der Waals surface area contributed by atoms with Gasteiger partial charge in [-0.25, -0.2) is 0 Å². The molecule has 0 spiro atoms. The molecule has 2 rings (SSSR count). The maximum absolute atomic E-state index is 13.8. The molecular weight excluding hydrogens is 317 g/mol. The summed E-state index contributed by atoms with van der Waals surface area (Å²) in [4.78, 5) is 14.5. The van der Waals surface area contributed by atoms with E-state index in [9.17, 15) is 14.5 Å². The van der Waals surface area contributed by atoms with Gasteiger partial charge in [0.15, 0.2) is 0 Å². The number of halogens is 2. The number of piperazine rings is 1. The van der Waals surface area contributed by atoms with Crippen LogP contribution in [0.4, 0.5) is 15.8 Å². The summed E-state index contributed by atoms with van der Waals surface area (Å²) in [6, 6.07) is 2.74. The van der Waals surface area contributed by atoms with E-state index in [0.717, 1.165) is 25.7 Å². The number of anilines is 1. The summed E-state index contributed by atoms with van der Waals surface area (Å²) in [6.45, 7) is 6.05. The average Bonchev–Trinajstić information content (AvgIpc) is 2.37. The molecule has 7 heteroatoms. The third-order valence-electron chi connectivity index (χ3n) is 3.35. The first-order chi connectivity index (χ1) is 9.02. The van der Waals surface area contributed by atoms with E-state index in [1.54, 1.807) is 6.07 Å². The largest absolute Gasteiger partial charge is 0.363 e. The van der Waals surface area contributed by atoms with Crippen LogP contribution in [0.1, 0.15) is 6.92 Å². The Morgan fingerprint density at radius 1 is 1.37 bits per heavy atom. The molecule has 5 nitrogen and oxygen atoms in total. The van der Waals surface area contributed by atoms with Gasteiger partial charge in [0.05, 0.1) is 4.92 Å². The molecule has 0 bridgehead atoms. The lowest BCUT2D eigenvalue weighted by molar-refractivity contribution is -0.386. The molecule has 19 heavy (non-hydrogen) atoms. The maximum atomic E-state index is 13.8. The molecular formula is C12H15BrFN3O2. The van der Waals surface area contributed by atoms with E-state index in [1.165, 1.54) is 0 Å². The molecule has 1 heterocycles. The number of nitro groups is 1. The van der Waals surface area contributed by atoms with Crippen LogP contribution in [0.3, 0.4) is 0 Å². The van der Waals surface area contributed by atoms with Gasteiger partial charge in [-0.15, -0.1) is 0 Å². The quantitative estimate of drug-likeness (QED) is 0.631. The molecule has 0 aromatic heterocycles. The molecule has 1 fully saturated rings. The molecule has 1 aromatic rings. The Morgan fingerprint density at radius 3 is 2.53 bits per heavy atom. The zero-order valence-corrected chi connectivity index (χ0v) is 12.2. The standard InChI is InChI=1S/C12H15BrFN3O2/c1-2-15-3-5-16(6-4-15)11-8-9(13)7-10(14)12(11)17(18)19/h7-8H,2-6H2,1H3. The zero-order valence-electron chi connectivity index (χ0n) is 10.6.